The highest BCUT2D eigenvalue weighted by Gasteiger charge is 2.72. The molecular weight excluding hydrogens is 484 g/mol. The zero-order valence-electron chi connectivity index (χ0n) is 21.5. The Hall–Kier alpha value is -3.49. The minimum Gasteiger partial charge on any atom is -0.465 e. The summed E-state index contributed by atoms with van der Waals surface area (Å²) in [6.45, 7) is 4.02. The summed E-state index contributed by atoms with van der Waals surface area (Å²) < 4.78 is 12.1. The molecule has 1 unspecified atom stereocenters. The first kappa shape index (κ1) is 24.8. The Morgan fingerprint density at radius 1 is 1.05 bits per heavy atom. The highest BCUT2D eigenvalue weighted by molar-refractivity contribution is 6.06. The minimum atomic E-state index is -1.36. The topological polar surface area (TPSA) is 96.4 Å². The van der Waals surface area contributed by atoms with E-state index in [0.29, 0.717) is 12.1 Å². The lowest BCUT2D eigenvalue weighted by atomic mass is 9.77. The molecule has 2 saturated heterocycles. The van der Waals surface area contributed by atoms with E-state index in [1.807, 2.05) is 74.5 Å². The van der Waals surface area contributed by atoms with Crippen molar-refractivity contribution in [2.45, 2.75) is 44.1 Å². The lowest BCUT2D eigenvalue weighted by Crippen LogP contribution is -2.59. The van der Waals surface area contributed by atoms with Crippen LogP contribution in [0.2, 0.25) is 0 Å². The van der Waals surface area contributed by atoms with E-state index in [2.05, 4.69) is 0 Å². The van der Waals surface area contributed by atoms with E-state index >= 15 is 0 Å². The molecule has 2 amide bonds. The van der Waals surface area contributed by atoms with Gasteiger partial charge in [0.15, 0.2) is 0 Å². The molecule has 2 fully saturated rings. The van der Waals surface area contributed by atoms with E-state index in [4.69, 9.17) is 9.47 Å². The maximum atomic E-state index is 14.5. The second kappa shape index (κ2) is 9.36. The number of esters is 1. The zero-order chi connectivity index (χ0) is 26.6. The third kappa shape index (κ3) is 3.61. The normalized spacial score (nSPS) is 31.5. The third-order valence-electron chi connectivity index (χ3n) is 8.42. The number of nitrogens with zero attached hydrogens (tertiary/aromatic N) is 2. The number of hydrogen-bond donors (Lipinski definition) is 1. The summed E-state index contributed by atoms with van der Waals surface area (Å²) in [7, 11) is 0. The van der Waals surface area contributed by atoms with E-state index in [1.165, 1.54) is 4.90 Å². The predicted octanol–water partition coefficient (Wildman–Crippen LogP) is 2.84. The van der Waals surface area contributed by atoms with Crippen molar-refractivity contribution in [3.05, 3.63) is 66.8 Å². The maximum absolute atomic E-state index is 14.5. The molecule has 4 aliphatic rings. The van der Waals surface area contributed by atoms with Gasteiger partial charge in [0.1, 0.15) is 17.6 Å². The first-order chi connectivity index (χ1) is 18.4. The molecule has 2 aromatic carbocycles. The predicted molar refractivity (Wildman–Crippen MR) is 141 cm³/mol. The fraction of sp³-hybridized carbons (Fsp3) is 0.433. The monoisotopic (exact) mass is 516 g/mol. The summed E-state index contributed by atoms with van der Waals surface area (Å²) in [5, 5.41) is 12.4. The van der Waals surface area contributed by atoms with Crippen LogP contribution in [0.25, 0.3) is 10.8 Å². The van der Waals surface area contributed by atoms with Crippen molar-refractivity contribution >= 4 is 34.2 Å². The first-order valence-electron chi connectivity index (χ1n) is 13.3. The third-order valence-corrected chi connectivity index (χ3v) is 8.42. The van der Waals surface area contributed by atoms with Crippen LogP contribution in [-0.4, -0.2) is 71.3 Å². The fourth-order valence-electron chi connectivity index (χ4n) is 6.60. The minimum absolute atomic E-state index is 0.131. The average Bonchev–Trinajstić information content (AvgIpc) is 3.27. The Morgan fingerprint density at radius 3 is 2.61 bits per heavy atom. The highest BCUT2D eigenvalue weighted by atomic mass is 16.6. The number of rotatable bonds is 4. The van der Waals surface area contributed by atoms with Gasteiger partial charge in [-0.15, -0.1) is 0 Å². The molecule has 6 rings (SSSR count). The van der Waals surface area contributed by atoms with E-state index in [-0.39, 0.29) is 37.5 Å². The van der Waals surface area contributed by atoms with Gasteiger partial charge in [0.2, 0.25) is 5.91 Å². The first-order valence-corrected chi connectivity index (χ1v) is 13.3. The summed E-state index contributed by atoms with van der Waals surface area (Å²) in [6.07, 6.45) is 7.26. The molecular formula is C30H32N2O6. The molecule has 0 saturated carbocycles. The number of carbonyl (C=O) groups is 3. The van der Waals surface area contributed by atoms with Crippen LogP contribution in [0.1, 0.15) is 20.3 Å². The van der Waals surface area contributed by atoms with Gasteiger partial charge in [-0.1, -0.05) is 68.5 Å². The number of anilines is 1. The van der Waals surface area contributed by atoms with Gasteiger partial charge >= 0.3 is 5.97 Å². The van der Waals surface area contributed by atoms with Gasteiger partial charge < -0.3 is 24.4 Å². The van der Waals surface area contributed by atoms with Crippen molar-refractivity contribution in [3.8, 4) is 0 Å². The van der Waals surface area contributed by atoms with Gasteiger partial charge in [-0.3, -0.25) is 14.4 Å². The van der Waals surface area contributed by atoms with Gasteiger partial charge in [0, 0.05) is 12.2 Å². The van der Waals surface area contributed by atoms with Crippen molar-refractivity contribution in [3.63, 3.8) is 0 Å². The average molecular weight is 517 g/mol. The van der Waals surface area contributed by atoms with E-state index < -0.39 is 41.6 Å². The lowest BCUT2D eigenvalue weighted by molar-refractivity contribution is -0.155. The Bertz CT molecular complexity index is 1350. The van der Waals surface area contributed by atoms with Gasteiger partial charge in [0.25, 0.3) is 5.91 Å². The number of fused-ring (bicyclic) bond motifs is 3. The number of carbonyl (C=O) groups excluding carboxylic acids is 3. The van der Waals surface area contributed by atoms with Crippen molar-refractivity contribution in [2.75, 3.05) is 24.7 Å². The molecule has 0 aromatic heterocycles. The van der Waals surface area contributed by atoms with Crippen LogP contribution in [-0.2, 0) is 23.9 Å². The van der Waals surface area contributed by atoms with Gasteiger partial charge in [0.05, 0.1) is 31.3 Å². The SMILES string of the molecule is CC(C)[C@H](CO)N1C(=O)[C@@H]2[C@@H]3C(=O)OCCC=C[C@@H]3O[C@@]23C=CCN(c2ccc4ccccc4c2)C(=O)C13. The van der Waals surface area contributed by atoms with Crippen LogP contribution >= 0.6 is 0 Å². The molecule has 2 aromatic rings. The second-order valence-corrected chi connectivity index (χ2v) is 10.8. The molecule has 4 aliphatic heterocycles. The van der Waals surface area contributed by atoms with Gasteiger partial charge in [-0.25, -0.2) is 0 Å². The van der Waals surface area contributed by atoms with Crippen molar-refractivity contribution in [1.82, 2.24) is 4.90 Å². The van der Waals surface area contributed by atoms with E-state index in [0.717, 1.165) is 10.8 Å². The molecule has 8 heteroatoms. The number of cyclic esters (lactones) is 1. The van der Waals surface area contributed by atoms with Crippen molar-refractivity contribution in [1.29, 1.82) is 0 Å². The summed E-state index contributed by atoms with van der Waals surface area (Å²) in [4.78, 5) is 45.1. The molecule has 0 bridgehead atoms. The van der Waals surface area contributed by atoms with E-state index in [9.17, 15) is 19.5 Å². The number of hydrogen-bond acceptors (Lipinski definition) is 6. The van der Waals surface area contributed by atoms with Crippen LogP contribution in [0.3, 0.4) is 0 Å². The van der Waals surface area contributed by atoms with E-state index in [1.54, 1.807) is 11.0 Å². The molecule has 6 atom stereocenters. The van der Waals surface area contributed by atoms with Crippen LogP contribution in [0, 0.1) is 17.8 Å². The molecule has 38 heavy (non-hydrogen) atoms. The van der Waals surface area contributed by atoms with Crippen LogP contribution in [0.15, 0.2) is 66.8 Å². The molecule has 198 valence electrons. The number of benzene rings is 2. The van der Waals surface area contributed by atoms with Crippen LogP contribution in [0.4, 0.5) is 5.69 Å². The Morgan fingerprint density at radius 2 is 1.84 bits per heavy atom. The summed E-state index contributed by atoms with van der Waals surface area (Å²) in [5.74, 6) is -3.09. The quantitative estimate of drug-likeness (QED) is 0.496. The number of aliphatic hydroxyl groups is 1. The number of likely N-dealkylation sites (tertiary alicyclic amines) is 1. The van der Waals surface area contributed by atoms with Crippen LogP contribution in [0.5, 0.6) is 0 Å². The largest absolute Gasteiger partial charge is 0.465 e. The van der Waals surface area contributed by atoms with Gasteiger partial charge in [-0.2, -0.15) is 0 Å². The second-order valence-electron chi connectivity index (χ2n) is 10.8. The smallest absolute Gasteiger partial charge is 0.312 e. The molecule has 0 aliphatic carbocycles. The number of aliphatic hydroxyl groups excluding tert-OH is 1. The summed E-state index contributed by atoms with van der Waals surface area (Å²) >= 11 is 0. The Kier molecular flexibility index (Phi) is 6.12. The molecule has 4 heterocycles. The number of amides is 2. The summed E-state index contributed by atoms with van der Waals surface area (Å²) in [6, 6.07) is 12.1. The summed E-state index contributed by atoms with van der Waals surface area (Å²) in [5.41, 5.74) is -0.648. The Labute approximate surface area is 221 Å². The standard InChI is InChI=1S/C30H32N2O6/c1-18(2)22(17-33)32-26-28(35)31(21-12-11-19-8-3-4-9-20(19)16-21)14-7-13-30(26)25(27(32)34)24-23(38-30)10-5-6-15-37-29(24)36/h3-5,7-13,16,18,22-26,33H,6,14-15,17H2,1-2H3/t22-,23-,24+,25-,26?,30-/m0/s1. The fourth-order valence-corrected chi connectivity index (χ4v) is 6.60. The molecule has 0 radical (unpaired) electrons. The maximum Gasteiger partial charge on any atom is 0.312 e. The Balaban J connectivity index is 1.49. The van der Waals surface area contributed by atoms with Crippen molar-refractivity contribution in [2.24, 2.45) is 17.8 Å². The highest BCUT2D eigenvalue weighted by Crippen LogP contribution is 2.54. The zero-order valence-corrected chi connectivity index (χ0v) is 21.5. The molecule has 1 N–H and O–H groups in total. The van der Waals surface area contributed by atoms with Gasteiger partial charge in [-0.05, 0) is 35.2 Å². The molecule has 8 nitrogen and oxygen atoms in total. The van der Waals surface area contributed by atoms with Crippen LogP contribution < -0.4 is 4.90 Å². The lowest BCUT2D eigenvalue weighted by Gasteiger charge is -2.39. The molecule has 1 spiro atoms. The number of ether oxygens (including phenoxy) is 2. The van der Waals surface area contributed by atoms with Crippen molar-refractivity contribution < 1.29 is 29.0 Å².